The SMILES string of the molecule is CCc1cc(F)c(C(=O)NC)s1. The zero-order chi connectivity index (χ0) is 9.14. The van der Waals surface area contributed by atoms with E-state index in [9.17, 15) is 9.18 Å². The molecule has 0 radical (unpaired) electrons. The first-order chi connectivity index (χ1) is 5.69. The Labute approximate surface area is 74.4 Å². The number of nitrogens with one attached hydrogen (secondary N) is 1. The zero-order valence-electron chi connectivity index (χ0n) is 6.98. The number of halogens is 1. The highest BCUT2D eigenvalue weighted by atomic mass is 32.1. The summed E-state index contributed by atoms with van der Waals surface area (Å²) >= 11 is 1.21. The highest BCUT2D eigenvalue weighted by Gasteiger charge is 2.13. The molecule has 0 spiro atoms. The molecule has 0 saturated carbocycles. The standard InChI is InChI=1S/C8H10FNOS/c1-3-5-4-6(9)7(12-5)8(11)10-2/h4H,3H2,1-2H3,(H,10,11). The number of rotatable bonds is 2. The lowest BCUT2D eigenvalue weighted by Crippen LogP contribution is -2.17. The van der Waals surface area contributed by atoms with Crippen LogP contribution in [-0.2, 0) is 6.42 Å². The summed E-state index contributed by atoms with van der Waals surface area (Å²) in [7, 11) is 1.49. The van der Waals surface area contributed by atoms with Crippen molar-refractivity contribution in [2.45, 2.75) is 13.3 Å². The molecule has 2 nitrogen and oxygen atoms in total. The van der Waals surface area contributed by atoms with Crippen molar-refractivity contribution in [1.82, 2.24) is 5.32 Å². The van der Waals surface area contributed by atoms with E-state index < -0.39 is 5.82 Å². The Bertz CT molecular complexity index is 295. The Morgan fingerprint density at radius 2 is 2.42 bits per heavy atom. The van der Waals surface area contributed by atoms with Crippen molar-refractivity contribution in [3.8, 4) is 0 Å². The molecule has 1 aromatic heterocycles. The van der Waals surface area contributed by atoms with Crippen LogP contribution in [0.1, 0.15) is 21.5 Å². The van der Waals surface area contributed by atoms with E-state index in [1.165, 1.54) is 24.5 Å². The summed E-state index contributed by atoms with van der Waals surface area (Å²) in [4.78, 5) is 12.1. The Kier molecular flexibility index (Phi) is 2.81. The third-order valence-electron chi connectivity index (χ3n) is 1.52. The molecule has 0 aliphatic heterocycles. The van der Waals surface area contributed by atoms with Crippen LogP contribution in [0.2, 0.25) is 0 Å². The highest BCUT2D eigenvalue weighted by Crippen LogP contribution is 2.21. The molecule has 0 saturated heterocycles. The average molecular weight is 187 g/mol. The van der Waals surface area contributed by atoms with Crippen LogP contribution in [0.5, 0.6) is 0 Å². The van der Waals surface area contributed by atoms with Crippen LogP contribution in [0.4, 0.5) is 4.39 Å². The molecule has 0 atom stereocenters. The van der Waals surface area contributed by atoms with Gasteiger partial charge in [0.05, 0.1) is 0 Å². The molecular formula is C8H10FNOS. The van der Waals surface area contributed by atoms with Crippen LogP contribution in [0, 0.1) is 5.82 Å². The smallest absolute Gasteiger partial charge is 0.264 e. The largest absolute Gasteiger partial charge is 0.354 e. The minimum Gasteiger partial charge on any atom is -0.354 e. The summed E-state index contributed by atoms with van der Waals surface area (Å²) in [5.41, 5.74) is 0. The van der Waals surface area contributed by atoms with Crippen LogP contribution in [0.3, 0.4) is 0 Å². The van der Waals surface area contributed by atoms with Crippen molar-refractivity contribution >= 4 is 17.2 Å². The van der Waals surface area contributed by atoms with Gasteiger partial charge >= 0.3 is 0 Å². The fourth-order valence-corrected chi connectivity index (χ4v) is 1.78. The summed E-state index contributed by atoms with van der Waals surface area (Å²) < 4.78 is 13.0. The summed E-state index contributed by atoms with van der Waals surface area (Å²) in [6.07, 6.45) is 0.762. The van der Waals surface area contributed by atoms with Crippen LogP contribution in [0.25, 0.3) is 0 Å². The second-order valence-corrected chi connectivity index (χ2v) is 3.46. The van der Waals surface area contributed by atoms with Gasteiger partial charge in [0.2, 0.25) is 0 Å². The molecule has 1 heterocycles. The molecule has 1 N–H and O–H groups in total. The molecule has 12 heavy (non-hydrogen) atoms. The molecule has 0 aromatic carbocycles. The molecule has 66 valence electrons. The average Bonchev–Trinajstić information content (AvgIpc) is 2.45. The third-order valence-corrected chi connectivity index (χ3v) is 2.77. The van der Waals surface area contributed by atoms with Crippen molar-refractivity contribution in [2.24, 2.45) is 0 Å². The van der Waals surface area contributed by atoms with Gasteiger partial charge in [0, 0.05) is 11.9 Å². The Balaban J connectivity index is 2.99. The molecule has 0 aliphatic rings. The maximum Gasteiger partial charge on any atom is 0.264 e. The lowest BCUT2D eigenvalue weighted by atomic mass is 10.3. The summed E-state index contributed by atoms with van der Waals surface area (Å²) in [5, 5.41) is 2.39. The van der Waals surface area contributed by atoms with Gasteiger partial charge in [0.1, 0.15) is 10.7 Å². The fraction of sp³-hybridized carbons (Fsp3) is 0.375. The van der Waals surface area contributed by atoms with Crippen molar-refractivity contribution < 1.29 is 9.18 Å². The van der Waals surface area contributed by atoms with Crippen molar-refractivity contribution in [2.75, 3.05) is 7.05 Å². The zero-order valence-corrected chi connectivity index (χ0v) is 7.80. The van der Waals surface area contributed by atoms with Crippen molar-refractivity contribution in [1.29, 1.82) is 0 Å². The third kappa shape index (κ3) is 1.64. The van der Waals surface area contributed by atoms with E-state index >= 15 is 0 Å². The van der Waals surface area contributed by atoms with E-state index in [1.54, 1.807) is 0 Å². The van der Waals surface area contributed by atoms with Gasteiger partial charge in [0.15, 0.2) is 0 Å². The van der Waals surface area contributed by atoms with Gasteiger partial charge < -0.3 is 5.32 Å². The minimum absolute atomic E-state index is 0.175. The van der Waals surface area contributed by atoms with Crippen molar-refractivity contribution in [3.05, 3.63) is 21.6 Å². The maximum absolute atomic E-state index is 13.0. The first kappa shape index (κ1) is 9.19. The number of thiophene rings is 1. The molecule has 0 unspecified atom stereocenters. The van der Waals surface area contributed by atoms with E-state index in [1.807, 2.05) is 6.92 Å². The number of carbonyl (C=O) groups excluding carboxylic acids is 1. The first-order valence-corrected chi connectivity index (χ1v) is 4.51. The number of aryl methyl sites for hydroxylation is 1. The minimum atomic E-state index is -0.420. The normalized spacial score (nSPS) is 9.92. The van der Waals surface area contributed by atoms with Crippen LogP contribution in [-0.4, -0.2) is 13.0 Å². The number of amides is 1. The first-order valence-electron chi connectivity index (χ1n) is 3.69. The molecule has 4 heteroatoms. The summed E-state index contributed by atoms with van der Waals surface area (Å²) in [6.45, 7) is 1.93. The van der Waals surface area contributed by atoms with Gasteiger partial charge in [0.25, 0.3) is 5.91 Å². The molecule has 1 amide bonds. The van der Waals surface area contributed by atoms with E-state index in [4.69, 9.17) is 0 Å². The number of hydrogen-bond acceptors (Lipinski definition) is 2. The Morgan fingerprint density at radius 1 is 1.75 bits per heavy atom. The van der Waals surface area contributed by atoms with Crippen LogP contribution < -0.4 is 5.32 Å². The topological polar surface area (TPSA) is 29.1 Å². The van der Waals surface area contributed by atoms with Gasteiger partial charge in [-0.1, -0.05) is 6.92 Å². The van der Waals surface area contributed by atoms with Gasteiger partial charge in [-0.25, -0.2) is 4.39 Å². The maximum atomic E-state index is 13.0. The second kappa shape index (κ2) is 3.67. The van der Waals surface area contributed by atoms with Crippen LogP contribution in [0.15, 0.2) is 6.07 Å². The monoisotopic (exact) mass is 187 g/mol. The van der Waals surface area contributed by atoms with Crippen LogP contribution >= 0.6 is 11.3 Å². The highest BCUT2D eigenvalue weighted by molar-refractivity contribution is 7.14. The second-order valence-electron chi connectivity index (χ2n) is 2.32. The van der Waals surface area contributed by atoms with Gasteiger partial charge in [-0.3, -0.25) is 4.79 Å². The lowest BCUT2D eigenvalue weighted by molar-refractivity contribution is 0.0963. The molecule has 1 aromatic rings. The van der Waals surface area contributed by atoms with Gasteiger partial charge in [-0.15, -0.1) is 11.3 Å². The Hall–Kier alpha value is -0.900. The van der Waals surface area contributed by atoms with E-state index in [2.05, 4.69) is 5.32 Å². The number of hydrogen-bond donors (Lipinski definition) is 1. The molecule has 0 bridgehead atoms. The number of carbonyl (C=O) groups is 1. The van der Waals surface area contributed by atoms with Gasteiger partial charge in [-0.2, -0.15) is 0 Å². The molecular weight excluding hydrogens is 177 g/mol. The predicted octanol–water partition coefficient (Wildman–Crippen LogP) is 1.81. The lowest BCUT2D eigenvalue weighted by Gasteiger charge is -1.93. The van der Waals surface area contributed by atoms with Gasteiger partial charge in [-0.05, 0) is 12.5 Å². The quantitative estimate of drug-likeness (QED) is 0.751. The Morgan fingerprint density at radius 3 is 2.83 bits per heavy atom. The molecule has 0 fully saturated rings. The summed E-state index contributed by atoms with van der Waals surface area (Å²) in [6, 6.07) is 1.41. The predicted molar refractivity (Wildman–Crippen MR) is 47.0 cm³/mol. The molecule has 0 aliphatic carbocycles. The fourth-order valence-electron chi connectivity index (χ4n) is 0.859. The van der Waals surface area contributed by atoms with E-state index in [0.717, 1.165) is 11.3 Å². The van der Waals surface area contributed by atoms with E-state index in [0.29, 0.717) is 0 Å². The summed E-state index contributed by atoms with van der Waals surface area (Å²) in [5.74, 6) is -0.770. The van der Waals surface area contributed by atoms with E-state index in [-0.39, 0.29) is 10.8 Å². The van der Waals surface area contributed by atoms with Crippen molar-refractivity contribution in [3.63, 3.8) is 0 Å². The molecule has 1 rings (SSSR count).